The average molecular weight is 202 g/mol. The van der Waals surface area contributed by atoms with E-state index in [0.29, 0.717) is 6.54 Å². The van der Waals surface area contributed by atoms with Gasteiger partial charge in [-0.15, -0.1) is 0 Å². The highest BCUT2D eigenvalue weighted by molar-refractivity contribution is 5.79. The van der Waals surface area contributed by atoms with E-state index in [2.05, 4.69) is 10.7 Å². The molecule has 0 saturated carbocycles. The normalized spacial score (nSPS) is 12.4. The van der Waals surface area contributed by atoms with Crippen molar-refractivity contribution >= 4 is 11.8 Å². The van der Waals surface area contributed by atoms with Crippen LogP contribution in [0.2, 0.25) is 0 Å². The Balaban J connectivity index is 3.87. The molecule has 0 heterocycles. The smallest absolute Gasteiger partial charge is 0.237 e. The van der Waals surface area contributed by atoms with Gasteiger partial charge in [-0.3, -0.25) is 19.9 Å². The minimum Gasteiger partial charge on any atom is -0.358 e. The molecule has 1 unspecified atom stereocenters. The van der Waals surface area contributed by atoms with Gasteiger partial charge in [0.2, 0.25) is 11.8 Å². The van der Waals surface area contributed by atoms with Gasteiger partial charge in [0, 0.05) is 19.5 Å². The zero-order valence-corrected chi connectivity index (χ0v) is 8.83. The van der Waals surface area contributed by atoms with E-state index in [-0.39, 0.29) is 24.3 Å². The molecule has 14 heavy (non-hydrogen) atoms. The molecule has 0 rings (SSSR count). The van der Waals surface area contributed by atoms with Crippen molar-refractivity contribution in [3.05, 3.63) is 0 Å². The summed E-state index contributed by atoms with van der Waals surface area (Å²) in [5.74, 6) is 4.45. The van der Waals surface area contributed by atoms with E-state index in [9.17, 15) is 9.59 Å². The number of hydrogen-bond acceptors (Lipinski definition) is 4. The molecule has 0 saturated heterocycles. The Hall–Kier alpha value is -1.14. The van der Waals surface area contributed by atoms with Crippen molar-refractivity contribution in [3.63, 3.8) is 0 Å². The topological polar surface area (TPSA) is 87.5 Å². The van der Waals surface area contributed by atoms with Gasteiger partial charge in [0.25, 0.3) is 0 Å². The number of likely N-dealkylation sites (N-methyl/N-ethyl adjacent to an activating group) is 2. The maximum absolute atomic E-state index is 11.0. The molecule has 0 spiro atoms. The van der Waals surface area contributed by atoms with Gasteiger partial charge in [-0.05, 0) is 7.05 Å². The summed E-state index contributed by atoms with van der Waals surface area (Å²) in [6, 6.07) is 0. The van der Waals surface area contributed by atoms with Crippen LogP contribution in [0.25, 0.3) is 0 Å². The van der Waals surface area contributed by atoms with Gasteiger partial charge >= 0.3 is 0 Å². The van der Waals surface area contributed by atoms with Crippen molar-refractivity contribution in [1.82, 2.24) is 15.6 Å². The second-order valence-electron chi connectivity index (χ2n) is 3.28. The number of nitrogens with two attached hydrogens (primary N) is 1. The number of hydrazine groups is 1. The highest BCUT2D eigenvalue weighted by atomic mass is 16.2. The Morgan fingerprint density at radius 1 is 1.50 bits per heavy atom. The maximum atomic E-state index is 11.0. The summed E-state index contributed by atoms with van der Waals surface area (Å²) in [6.45, 7) is 2.53. The zero-order valence-electron chi connectivity index (χ0n) is 8.83. The summed E-state index contributed by atoms with van der Waals surface area (Å²) in [4.78, 5) is 23.8. The van der Waals surface area contributed by atoms with E-state index in [0.717, 1.165) is 0 Å². The third-order valence-corrected chi connectivity index (χ3v) is 1.87. The molecule has 0 fully saturated rings. The lowest BCUT2D eigenvalue weighted by molar-refractivity contribution is -0.126. The summed E-state index contributed by atoms with van der Waals surface area (Å²) in [5, 5.41) is 2.51. The van der Waals surface area contributed by atoms with Crippen molar-refractivity contribution in [1.29, 1.82) is 0 Å². The van der Waals surface area contributed by atoms with Crippen molar-refractivity contribution in [2.45, 2.75) is 6.92 Å². The van der Waals surface area contributed by atoms with Gasteiger partial charge in [-0.25, -0.2) is 5.84 Å². The minimum atomic E-state index is -0.228. The van der Waals surface area contributed by atoms with Crippen LogP contribution in [0.1, 0.15) is 6.92 Å². The standard InChI is InChI=1S/C8H18N4O2/c1-6(8(14)11-9)4-12(3)5-7(13)10-2/h6H,4-5,9H2,1-3H3,(H,10,13)(H,11,14). The number of rotatable bonds is 5. The number of carbonyl (C=O) groups excluding carboxylic acids is 2. The third kappa shape index (κ3) is 4.78. The molecule has 1 atom stereocenters. The Kier molecular flexibility index (Phi) is 5.82. The van der Waals surface area contributed by atoms with Gasteiger partial charge < -0.3 is 5.32 Å². The number of amides is 2. The third-order valence-electron chi connectivity index (χ3n) is 1.87. The first kappa shape index (κ1) is 12.9. The number of hydrogen-bond donors (Lipinski definition) is 3. The van der Waals surface area contributed by atoms with Crippen LogP contribution in [0.3, 0.4) is 0 Å². The molecule has 2 amide bonds. The molecule has 0 aromatic carbocycles. The molecule has 82 valence electrons. The molecule has 0 aliphatic rings. The van der Waals surface area contributed by atoms with Gasteiger partial charge in [-0.1, -0.05) is 6.92 Å². The largest absolute Gasteiger partial charge is 0.358 e. The van der Waals surface area contributed by atoms with Gasteiger partial charge in [0.05, 0.1) is 6.54 Å². The molecule has 6 heteroatoms. The maximum Gasteiger partial charge on any atom is 0.237 e. The lowest BCUT2D eigenvalue weighted by atomic mass is 10.1. The molecule has 0 aliphatic carbocycles. The predicted molar refractivity (Wildman–Crippen MR) is 53.1 cm³/mol. The highest BCUT2D eigenvalue weighted by Crippen LogP contribution is 1.96. The number of nitrogens with one attached hydrogen (secondary N) is 2. The van der Waals surface area contributed by atoms with Gasteiger partial charge in [0.15, 0.2) is 0 Å². The summed E-state index contributed by atoms with van der Waals surface area (Å²) >= 11 is 0. The summed E-state index contributed by atoms with van der Waals surface area (Å²) in [6.07, 6.45) is 0. The first-order chi connectivity index (χ1) is 6.51. The van der Waals surface area contributed by atoms with Crippen LogP contribution in [-0.2, 0) is 9.59 Å². The molecular weight excluding hydrogens is 184 g/mol. The highest BCUT2D eigenvalue weighted by Gasteiger charge is 2.14. The molecule has 0 aromatic heterocycles. The van der Waals surface area contributed by atoms with Gasteiger partial charge in [-0.2, -0.15) is 0 Å². The molecule has 0 bridgehead atoms. The number of carbonyl (C=O) groups is 2. The monoisotopic (exact) mass is 202 g/mol. The minimum absolute atomic E-state index is 0.0761. The van der Waals surface area contributed by atoms with E-state index in [1.54, 1.807) is 25.9 Å². The second-order valence-corrected chi connectivity index (χ2v) is 3.28. The van der Waals surface area contributed by atoms with Crippen molar-refractivity contribution < 1.29 is 9.59 Å². The Morgan fingerprint density at radius 2 is 2.07 bits per heavy atom. The van der Waals surface area contributed by atoms with E-state index < -0.39 is 0 Å². The lowest BCUT2D eigenvalue weighted by Gasteiger charge is -2.19. The summed E-state index contributed by atoms with van der Waals surface area (Å²) < 4.78 is 0. The van der Waals surface area contributed by atoms with Crippen LogP contribution in [0.15, 0.2) is 0 Å². The van der Waals surface area contributed by atoms with E-state index >= 15 is 0 Å². The van der Waals surface area contributed by atoms with Crippen LogP contribution in [0.5, 0.6) is 0 Å². The average Bonchev–Trinajstić information content (AvgIpc) is 2.15. The van der Waals surface area contributed by atoms with Crippen LogP contribution < -0.4 is 16.6 Å². The fourth-order valence-electron chi connectivity index (χ4n) is 1.08. The van der Waals surface area contributed by atoms with Crippen molar-refractivity contribution in [2.75, 3.05) is 27.2 Å². The number of nitrogens with zero attached hydrogens (tertiary/aromatic N) is 1. The molecule has 0 aliphatic heterocycles. The van der Waals surface area contributed by atoms with E-state index in [4.69, 9.17) is 5.84 Å². The Labute approximate surface area is 83.8 Å². The van der Waals surface area contributed by atoms with Crippen molar-refractivity contribution in [3.8, 4) is 0 Å². The molecule has 0 radical (unpaired) electrons. The summed E-state index contributed by atoms with van der Waals surface area (Å²) in [7, 11) is 3.35. The fourth-order valence-corrected chi connectivity index (χ4v) is 1.08. The first-order valence-corrected chi connectivity index (χ1v) is 4.40. The molecule has 6 nitrogen and oxygen atoms in total. The van der Waals surface area contributed by atoms with Gasteiger partial charge in [0.1, 0.15) is 0 Å². The van der Waals surface area contributed by atoms with E-state index in [1.165, 1.54) is 0 Å². The zero-order chi connectivity index (χ0) is 11.1. The SMILES string of the molecule is CNC(=O)CN(C)CC(C)C(=O)NN. The van der Waals surface area contributed by atoms with Crippen LogP contribution in [0, 0.1) is 5.92 Å². The van der Waals surface area contributed by atoms with Crippen LogP contribution >= 0.6 is 0 Å². The molecule has 4 N–H and O–H groups in total. The predicted octanol–water partition coefficient (Wildman–Crippen LogP) is -1.71. The Morgan fingerprint density at radius 3 is 2.50 bits per heavy atom. The molecule has 0 aromatic rings. The van der Waals surface area contributed by atoms with Crippen LogP contribution in [-0.4, -0.2) is 43.9 Å². The summed E-state index contributed by atoms with van der Waals surface area (Å²) in [5.41, 5.74) is 2.07. The van der Waals surface area contributed by atoms with Crippen molar-refractivity contribution in [2.24, 2.45) is 11.8 Å². The Bertz CT molecular complexity index is 208. The molecular formula is C8H18N4O2. The lowest BCUT2D eigenvalue weighted by Crippen LogP contribution is -2.41. The van der Waals surface area contributed by atoms with E-state index in [1.807, 2.05) is 0 Å². The quantitative estimate of drug-likeness (QED) is 0.281. The van der Waals surface area contributed by atoms with Crippen LogP contribution in [0.4, 0.5) is 0 Å². The first-order valence-electron chi connectivity index (χ1n) is 4.40. The second kappa shape index (κ2) is 6.33. The fraction of sp³-hybridized carbons (Fsp3) is 0.750.